The van der Waals surface area contributed by atoms with E-state index in [-0.39, 0.29) is 38.6 Å². The summed E-state index contributed by atoms with van der Waals surface area (Å²) in [7, 11) is -20.9. The molecule has 13 aromatic carbocycles. The molecule has 0 spiro atoms. The van der Waals surface area contributed by atoms with Crippen LogP contribution in [-0.2, 0) is 0 Å². The third-order valence-corrected chi connectivity index (χ3v) is 26.0. The van der Waals surface area contributed by atoms with Gasteiger partial charge in [-0.2, -0.15) is 0 Å². The van der Waals surface area contributed by atoms with Crippen molar-refractivity contribution < 1.29 is 41.1 Å². The van der Waals surface area contributed by atoms with E-state index < -0.39 is 105 Å². The molecule has 0 fully saturated rings. The van der Waals surface area contributed by atoms with E-state index in [0.29, 0.717) is 84.8 Å². The van der Waals surface area contributed by atoms with Gasteiger partial charge in [-0.15, -0.1) is 0 Å². The Morgan fingerprint density at radius 2 is 0.391 bits per heavy atom. The van der Waals surface area contributed by atoms with E-state index in [4.69, 9.17) is 71.0 Å². The van der Waals surface area contributed by atoms with Crippen LogP contribution in [0.5, 0.6) is 0 Å². The molecule has 128 heavy (non-hydrogen) atoms. The van der Waals surface area contributed by atoms with Crippen molar-refractivity contribution in [1.29, 1.82) is 0 Å². The maximum absolute atomic E-state index is 8.36. The average molecular weight is 1780 g/mol. The lowest BCUT2D eigenvalue weighted by atomic mass is 9.94. The molecule has 0 N–H and O–H groups in total. The first kappa shape index (κ1) is 59.3. The molecule has 0 atom stereocenters. The van der Waals surface area contributed by atoms with Crippen LogP contribution in [0.3, 0.4) is 0 Å². The van der Waals surface area contributed by atoms with Crippen LogP contribution in [-0.4, -0.2) is 95.2 Å². The number of rotatable bonds is 18. The zero-order valence-electron chi connectivity index (χ0n) is 101. The quantitative estimate of drug-likeness (QED) is 0.0758. The van der Waals surface area contributed by atoms with Crippen molar-refractivity contribution in [1.82, 2.24) is 54.8 Å². The molecule has 0 saturated heterocycles. The van der Waals surface area contributed by atoms with Crippen LogP contribution in [0.25, 0.3) is 146 Å². The van der Waals surface area contributed by atoms with Crippen LogP contribution < -0.4 is 27.0 Å². The topological polar surface area (TPSA) is 142 Å². The summed E-state index contributed by atoms with van der Waals surface area (Å²) in [4.78, 5) is 51.1. The summed E-state index contributed by atoms with van der Waals surface area (Å²) in [6.45, 7) is -20.4. The van der Waals surface area contributed by atoms with Gasteiger partial charge in [-0.25, -0.2) is 49.8 Å². The molecule has 0 bridgehead atoms. The van der Waals surface area contributed by atoms with Gasteiger partial charge in [0.15, 0.2) is 17.5 Å². The molecule has 0 amide bonds. The van der Waals surface area contributed by atoms with Crippen molar-refractivity contribution in [2.24, 2.45) is 0 Å². The van der Waals surface area contributed by atoms with Crippen molar-refractivity contribution in [3.05, 3.63) is 400 Å². The minimum atomic E-state index is -4.24. The first-order valence-electron chi connectivity index (χ1n) is 56.3. The van der Waals surface area contributed by atoms with E-state index in [1.807, 2.05) is 358 Å². The van der Waals surface area contributed by atoms with Crippen LogP contribution >= 0.6 is 0 Å². The highest BCUT2D eigenvalue weighted by Gasteiger charge is 2.32. The molecule has 0 saturated carbocycles. The summed E-state index contributed by atoms with van der Waals surface area (Å²) < 4.78 is 245. The van der Waals surface area contributed by atoms with E-state index in [1.165, 1.54) is 32.7 Å². The van der Waals surface area contributed by atoms with E-state index in [0.717, 1.165) is 50.1 Å². The second-order valence-corrected chi connectivity index (χ2v) is 44.5. The molecule has 18 rings (SSSR count). The molecule has 0 aliphatic rings. The van der Waals surface area contributed by atoms with Crippen LogP contribution in [0.1, 0.15) is 41.1 Å². The first-order chi connectivity index (χ1) is 74.2. The van der Waals surface area contributed by atoms with Crippen LogP contribution in [0.4, 0.5) is 0 Å². The van der Waals surface area contributed by atoms with Gasteiger partial charge >= 0.3 is 0 Å². The molecular weight excluding hydrogens is 1640 g/mol. The molecular formula is C112H111N11Si5. The average Bonchev–Trinajstić information content (AvgIpc) is 0.722. The van der Waals surface area contributed by atoms with E-state index in [9.17, 15) is 0 Å². The second kappa shape index (κ2) is 41.2. The zero-order valence-corrected chi connectivity index (χ0v) is 76.0. The summed E-state index contributed by atoms with van der Waals surface area (Å²) in [6.07, 6.45) is 0. The van der Waals surface area contributed by atoms with E-state index >= 15 is 0 Å². The maximum atomic E-state index is 8.36. The molecule has 5 heterocycles. The van der Waals surface area contributed by atoms with Crippen LogP contribution in [0.15, 0.2) is 400 Å². The number of benzene rings is 13. The van der Waals surface area contributed by atoms with Crippen molar-refractivity contribution in [3.63, 3.8) is 0 Å². The van der Waals surface area contributed by atoms with Gasteiger partial charge in [0, 0.05) is 124 Å². The minimum Gasteiger partial charge on any atom is -0.253 e. The van der Waals surface area contributed by atoms with E-state index in [1.54, 1.807) is 42.5 Å². The van der Waals surface area contributed by atoms with Gasteiger partial charge < -0.3 is 0 Å². The molecule has 11 nitrogen and oxygen atoms in total. The van der Waals surface area contributed by atoms with Crippen LogP contribution in [0.2, 0.25) is 97.5 Å². The number of hydrogen-bond donors (Lipinski definition) is 0. The van der Waals surface area contributed by atoms with Gasteiger partial charge in [0.25, 0.3) is 0 Å². The highest BCUT2D eigenvalue weighted by molar-refractivity contribution is 6.90. The van der Waals surface area contributed by atoms with Crippen molar-refractivity contribution in [2.45, 2.75) is 97.5 Å². The third-order valence-electron chi connectivity index (χ3n) is 20.0. The summed E-state index contributed by atoms with van der Waals surface area (Å²) >= 11 is 0. The Labute approximate surface area is 803 Å². The number of aromatic nitrogens is 11. The minimum absolute atomic E-state index is 0.0669. The lowest BCUT2D eigenvalue weighted by Crippen LogP contribution is -2.43. The normalized spacial score (nSPS) is 15.9. The van der Waals surface area contributed by atoms with Crippen LogP contribution in [0, 0.1) is 0 Å². The SMILES string of the molecule is [2H]C([2H])([2H])[Si](C)(c1nc(-c2ccccc2)c(-c2ccccc2)c(-c2ccccc2)n1)C([2H])([2H])[2H].[2H]C([2H])([2H])[Si](C)(c1nc(-c2ccccc2)c(-c2ccccc2)nc1-c1ccccc1)C([2H])([2H])[2H].[2H]C([2H])([2H])[Si](C)(c1nc(-c2ccccc2)cc(-c2ccccc2)n1)C([2H])([2H])[2H].[2H]C([2H])([2H])[Si](C)(c1nc(-c2ccccc2)nc(-c2ccccc2)c1-c1ccccc1)C([2H])([2H])[2H].[2H]C([2H])([2H])[Si](C)(c1nc(-c2ccccc2)nc(-c2ccccc2)n1)C([2H])([2H])[2H]. The molecule has 18 aromatic rings. The number of nitrogens with zero attached hydrogens (tertiary/aromatic N) is 11. The molecule has 0 unspecified atom stereocenters. The fourth-order valence-corrected chi connectivity index (χ4v) is 17.9. The lowest BCUT2D eigenvalue weighted by molar-refractivity contribution is 1.10. The predicted molar refractivity (Wildman–Crippen MR) is 554 cm³/mol. The second-order valence-electron chi connectivity index (χ2n) is 31.0. The fraction of sp³-hybridized carbons (Fsp3) is 0.134. The van der Waals surface area contributed by atoms with Gasteiger partial charge in [-0.05, 0) is 17.2 Å². The standard InChI is InChI=1S/3C25H24N2Si.C19H20N2Si.C18H19N3Si/c1-28(2,3)25-24(21-17-11-6-12-18-21)26-22(19-13-7-4-8-14-19)23(27-25)20-15-9-5-10-16-20;1-28(2,3)25-22(19-13-7-4-8-14-19)23(20-15-9-5-10-16-20)26-24(27-25)21-17-11-6-12-18-21;1-28(2,3)25-26-23(20-15-9-5-10-16-20)22(19-13-7-4-8-14-19)24(27-25)21-17-11-6-12-18-21;1-22(2,3)19-20-17(15-10-6-4-7-11-15)14-18(21-19)16-12-8-5-9-13-16;1-22(2,3)18-20-16(14-10-6-4-7-11-14)19-17(21-18)15-12-8-5-9-13-15/h3*4-18H,1-3H3;4-14H,1-3H3;4-13H,1-3H3/i5*1D3,2D3. The van der Waals surface area contributed by atoms with Crippen molar-refractivity contribution in [2.75, 3.05) is 0 Å². The molecule has 634 valence electrons. The Hall–Kier alpha value is -13.7. The summed E-state index contributed by atoms with van der Waals surface area (Å²) in [5.74, 6) is 0.828. The third kappa shape index (κ3) is 23.3. The Bertz CT molecular complexity index is 7440. The Morgan fingerprint density at radius 3 is 0.703 bits per heavy atom. The number of hydrogen-bond acceptors (Lipinski definition) is 11. The Morgan fingerprint density at radius 1 is 0.164 bits per heavy atom. The molecule has 0 aliphatic heterocycles. The smallest absolute Gasteiger partial charge is 0.163 e. The molecule has 16 heteroatoms. The Kier molecular flexibility index (Phi) is 19.1. The lowest BCUT2D eigenvalue weighted by Gasteiger charge is -2.23. The molecule has 5 aromatic heterocycles. The summed E-state index contributed by atoms with van der Waals surface area (Å²) in [5, 5.41) is 0.184. The largest absolute Gasteiger partial charge is 0.253 e. The monoisotopic (exact) mass is 1780 g/mol. The fourth-order valence-electron chi connectivity index (χ4n) is 13.8. The summed E-state index contributed by atoms with van der Waals surface area (Å²) in [5.41, 5.74) is 14.4. The van der Waals surface area contributed by atoms with Gasteiger partial charge in [0.2, 0.25) is 0 Å². The zero-order chi connectivity index (χ0) is 115. The van der Waals surface area contributed by atoms with Crippen molar-refractivity contribution >= 4 is 67.3 Å². The Balaban J connectivity index is 0.000000155. The van der Waals surface area contributed by atoms with Gasteiger partial charge in [0.05, 0.1) is 45.6 Å². The van der Waals surface area contributed by atoms with Gasteiger partial charge in [0.1, 0.15) is 56.7 Å². The predicted octanol–water partition coefficient (Wildman–Crippen LogP) is 26.2. The van der Waals surface area contributed by atoms with Gasteiger partial charge in [-0.1, -0.05) is 492 Å². The van der Waals surface area contributed by atoms with Crippen molar-refractivity contribution in [3.8, 4) is 146 Å². The van der Waals surface area contributed by atoms with E-state index in [2.05, 4.69) is 24.9 Å². The summed E-state index contributed by atoms with van der Waals surface area (Å²) in [6, 6.07) is 123. The first-order valence-corrected chi connectivity index (χ1v) is 53.8. The maximum Gasteiger partial charge on any atom is 0.163 e. The van der Waals surface area contributed by atoms with Gasteiger partial charge in [-0.3, -0.25) is 4.98 Å². The highest BCUT2D eigenvalue weighted by atomic mass is 28.3. The molecule has 0 aliphatic carbocycles. The molecule has 0 radical (unpaired) electrons. The highest BCUT2D eigenvalue weighted by Crippen LogP contribution is 2.39.